The first-order chi connectivity index (χ1) is 12.3. The van der Waals surface area contributed by atoms with Gasteiger partial charge in [0.2, 0.25) is 0 Å². The van der Waals surface area contributed by atoms with Gasteiger partial charge < -0.3 is 0 Å². The van der Waals surface area contributed by atoms with Crippen LogP contribution in [0.5, 0.6) is 0 Å². The largest absolute Gasteiger partial charge is 0.271 e. The summed E-state index contributed by atoms with van der Waals surface area (Å²) in [5.41, 5.74) is 4.74. The van der Waals surface area contributed by atoms with Crippen LogP contribution in [0.3, 0.4) is 0 Å². The molecule has 0 unspecified atom stereocenters. The Morgan fingerprint density at radius 2 is 1.56 bits per heavy atom. The van der Waals surface area contributed by atoms with Crippen LogP contribution >= 0.6 is 0 Å². The number of amidine groups is 1. The maximum absolute atomic E-state index is 12.2. The number of nitrogens with zero attached hydrogens (tertiary/aromatic N) is 3. The molecular formula is C20H16N4O. The number of benzene rings is 2. The predicted molar refractivity (Wildman–Crippen MR) is 98.7 cm³/mol. The van der Waals surface area contributed by atoms with E-state index < -0.39 is 0 Å². The van der Waals surface area contributed by atoms with Gasteiger partial charge in [0.15, 0.2) is 5.84 Å². The molecule has 5 nitrogen and oxygen atoms in total. The molecule has 0 saturated heterocycles. The van der Waals surface area contributed by atoms with Crippen molar-refractivity contribution < 1.29 is 4.79 Å². The van der Waals surface area contributed by atoms with Crippen LogP contribution in [0.2, 0.25) is 0 Å². The third kappa shape index (κ3) is 4.68. The summed E-state index contributed by atoms with van der Waals surface area (Å²) in [6.45, 7) is 0. The van der Waals surface area contributed by atoms with Crippen molar-refractivity contribution in [2.24, 2.45) is 10.1 Å². The van der Waals surface area contributed by atoms with E-state index in [4.69, 9.17) is 0 Å². The third-order valence-corrected chi connectivity index (χ3v) is 3.35. The Morgan fingerprint density at radius 1 is 0.880 bits per heavy atom. The molecular weight excluding hydrogens is 312 g/mol. The van der Waals surface area contributed by atoms with Crippen molar-refractivity contribution in [3.05, 3.63) is 102 Å². The van der Waals surface area contributed by atoms with Crippen LogP contribution in [0.4, 0.5) is 0 Å². The second-order valence-corrected chi connectivity index (χ2v) is 5.15. The first kappa shape index (κ1) is 16.3. The molecule has 0 spiro atoms. The van der Waals surface area contributed by atoms with Gasteiger partial charge in [0.25, 0.3) is 5.91 Å². The van der Waals surface area contributed by atoms with Crippen molar-refractivity contribution in [3.8, 4) is 0 Å². The fourth-order valence-electron chi connectivity index (χ4n) is 2.10. The molecule has 1 aromatic heterocycles. The Bertz CT molecular complexity index is 875. The summed E-state index contributed by atoms with van der Waals surface area (Å²) in [7, 11) is 0. The normalized spacial score (nSPS) is 11.4. The van der Waals surface area contributed by atoms with Crippen LogP contribution < -0.4 is 5.43 Å². The average Bonchev–Trinajstić information content (AvgIpc) is 2.70. The van der Waals surface area contributed by atoms with E-state index in [0.717, 1.165) is 11.1 Å². The number of pyridine rings is 1. The summed E-state index contributed by atoms with van der Waals surface area (Å²) in [4.78, 5) is 20.6. The molecule has 122 valence electrons. The number of amides is 1. The number of carbonyl (C=O) groups is 1. The Labute approximate surface area is 145 Å². The lowest BCUT2D eigenvalue weighted by Gasteiger charge is -2.03. The van der Waals surface area contributed by atoms with E-state index >= 15 is 0 Å². The van der Waals surface area contributed by atoms with Gasteiger partial charge in [-0.2, -0.15) is 5.10 Å². The van der Waals surface area contributed by atoms with Crippen LogP contribution in [0.25, 0.3) is 0 Å². The molecule has 0 aliphatic rings. The Morgan fingerprint density at radius 3 is 2.20 bits per heavy atom. The zero-order valence-electron chi connectivity index (χ0n) is 13.4. The van der Waals surface area contributed by atoms with Crippen LogP contribution in [0.15, 0.2) is 95.3 Å². The van der Waals surface area contributed by atoms with Crippen molar-refractivity contribution in [2.75, 3.05) is 0 Å². The van der Waals surface area contributed by atoms with Gasteiger partial charge in [-0.05, 0) is 18.2 Å². The lowest BCUT2D eigenvalue weighted by atomic mass is 10.2. The van der Waals surface area contributed by atoms with Crippen LogP contribution in [0.1, 0.15) is 21.5 Å². The molecule has 0 aliphatic carbocycles. The smallest absolute Gasteiger partial charge is 0.267 e. The minimum Gasteiger partial charge on any atom is -0.267 e. The van der Waals surface area contributed by atoms with E-state index in [2.05, 4.69) is 20.5 Å². The van der Waals surface area contributed by atoms with Gasteiger partial charge in [0.1, 0.15) is 0 Å². The van der Waals surface area contributed by atoms with Gasteiger partial charge in [0.05, 0.1) is 0 Å². The zero-order valence-corrected chi connectivity index (χ0v) is 13.4. The molecule has 1 N–H and O–H groups in total. The Balaban J connectivity index is 1.84. The van der Waals surface area contributed by atoms with E-state index in [9.17, 15) is 4.79 Å². The summed E-state index contributed by atoms with van der Waals surface area (Å²) in [6, 6.07) is 22.1. The maximum atomic E-state index is 12.2. The highest BCUT2D eigenvalue weighted by Gasteiger charge is 2.05. The predicted octanol–water partition coefficient (Wildman–Crippen LogP) is 3.29. The van der Waals surface area contributed by atoms with Crippen molar-refractivity contribution in [1.82, 2.24) is 10.4 Å². The summed E-state index contributed by atoms with van der Waals surface area (Å²) >= 11 is 0. The number of aliphatic imine (C=N–C) groups is 1. The molecule has 0 fully saturated rings. The fourth-order valence-corrected chi connectivity index (χ4v) is 2.10. The number of aromatic nitrogens is 1. The van der Waals surface area contributed by atoms with Gasteiger partial charge >= 0.3 is 0 Å². The average molecular weight is 328 g/mol. The molecule has 1 heterocycles. The van der Waals surface area contributed by atoms with E-state index in [1.165, 1.54) is 0 Å². The molecule has 0 aliphatic heterocycles. The highest BCUT2D eigenvalue weighted by Crippen LogP contribution is 2.04. The summed E-state index contributed by atoms with van der Waals surface area (Å²) in [6.07, 6.45) is 5.06. The Hall–Kier alpha value is -3.60. The zero-order chi connectivity index (χ0) is 17.3. The lowest BCUT2D eigenvalue weighted by Crippen LogP contribution is -2.19. The maximum Gasteiger partial charge on any atom is 0.271 e. The number of hydrogen-bond donors (Lipinski definition) is 1. The first-order valence-corrected chi connectivity index (χ1v) is 7.75. The van der Waals surface area contributed by atoms with E-state index in [-0.39, 0.29) is 5.91 Å². The van der Waals surface area contributed by atoms with Crippen molar-refractivity contribution in [1.29, 1.82) is 0 Å². The van der Waals surface area contributed by atoms with Crippen molar-refractivity contribution in [3.63, 3.8) is 0 Å². The SMILES string of the molecule is O=C(N/N=C(/N=Cc1cccnc1)c1ccccc1)c1ccccc1. The van der Waals surface area contributed by atoms with Gasteiger partial charge in [-0.3, -0.25) is 9.78 Å². The minimum absolute atomic E-state index is 0.286. The van der Waals surface area contributed by atoms with E-state index in [1.807, 2.05) is 48.5 Å². The van der Waals surface area contributed by atoms with Crippen LogP contribution in [-0.2, 0) is 0 Å². The molecule has 3 rings (SSSR count). The van der Waals surface area contributed by atoms with Gasteiger partial charge in [-0.15, -0.1) is 0 Å². The number of nitrogens with one attached hydrogen (secondary N) is 1. The topological polar surface area (TPSA) is 66.7 Å². The molecule has 0 radical (unpaired) electrons. The van der Waals surface area contributed by atoms with E-state index in [0.29, 0.717) is 11.4 Å². The fraction of sp³-hybridized carbons (Fsp3) is 0. The first-order valence-electron chi connectivity index (χ1n) is 7.75. The van der Waals surface area contributed by atoms with Crippen LogP contribution in [-0.4, -0.2) is 22.9 Å². The molecule has 0 saturated carbocycles. The molecule has 2 aromatic carbocycles. The standard InChI is InChI=1S/C20H16N4O/c25-20(18-11-5-2-6-12-18)24-23-19(17-9-3-1-4-10-17)22-15-16-8-7-13-21-14-16/h1-15H,(H,24,25)/b22-15?,23-19+. The highest BCUT2D eigenvalue weighted by molar-refractivity contribution is 6.06. The molecule has 0 bridgehead atoms. The summed E-state index contributed by atoms with van der Waals surface area (Å²) in [5.74, 6) is 0.124. The van der Waals surface area contributed by atoms with Crippen molar-refractivity contribution >= 4 is 18.0 Å². The number of hydrogen-bond acceptors (Lipinski definition) is 3. The molecule has 3 aromatic rings. The number of rotatable bonds is 4. The molecule has 0 atom stereocenters. The second-order valence-electron chi connectivity index (χ2n) is 5.15. The summed E-state index contributed by atoms with van der Waals surface area (Å²) in [5, 5.41) is 4.18. The number of carbonyl (C=O) groups excluding carboxylic acids is 1. The van der Waals surface area contributed by atoms with Gasteiger partial charge in [-0.25, -0.2) is 10.4 Å². The third-order valence-electron chi connectivity index (χ3n) is 3.35. The highest BCUT2D eigenvalue weighted by atomic mass is 16.2. The van der Waals surface area contributed by atoms with Gasteiger partial charge in [-0.1, -0.05) is 54.6 Å². The molecule has 25 heavy (non-hydrogen) atoms. The van der Waals surface area contributed by atoms with Crippen molar-refractivity contribution in [2.45, 2.75) is 0 Å². The lowest BCUT2D eigenvalue weighted by molar-refractivity contribution is 0.0955. The Kier molecular flexibility index (Phi) is 5.40. The monoisotopic (exact) mass is 328 g/mol. The quantitative estimate of drug-likeness (QED) is 0.454. The van der Waals surface area contributed by atoms with Gasteiger partial charge in [0, 0.05) is 35.3 Å². The second kappa shape index (κ2) is 8.31. The number of hydrazone groups is 1. The molecule has 1 amide bonds. The minimum atomic E-state index is -0.286. The summed E-state index contributed by atoms with van der Waals surface area (Å²) < 4.78 is 0. The van der Waals surface area contributed by atoms with E-state index in [1.54, 1.807) is 42.9 Å². The van der Waals surface area contributed by atoms with Crippen LogP contribution in [0, 0.1) is 0 Å². The molecule has 5 heteroatoms.